The van der Waals surface area contributed by atoms with E-state index in [9.17, 15) is 0 Å². The number of rotatable bonds is 2. The van der Waals surface area contributed by atoms with Crippen molar-refractivity contribution < 1.29 is 0 Å². The van der Waals surface area contributed by atoms with Crippen LogP contribution in [0.5, 0.6) is 0 Å². The van der Waals surface area contributed by atoms with Gasteiger partial charge in [-0.15, -0.1) is 11.6 Å². The average Bonchev–Trinajstić information content (AvgIpc) is 2.79. The summed E-state index contributed by atoms with van der Waals surface area (Å²) in [7, 11) is 0. The smallest absolute Gasteiger partial charge is 0.140 e. The second-order valence-electron chi connectivity index (χ2n) is 4.79. The van der Waals surface area contributed by atoms with Gasteiger partial charge in [0.05, 0.1) is 17.3 Å². The summed E-state index contributed by atoms with van der Waals surface area (Å²) >= 11 is 6.13. The Kier molecular flexibility index (Phi) is 3.03. The van der Waals surface area contributed by atoms with Gasteiger partial charge in [-0.2, -0.15) is 0 Å². The second-order valence-corrected chi connectivity index (χ2v) is 5.06. The number of halogens is 1. The molecule has 0 aliphatic carbocycles. The van der Waals surface area contributed by atoms with Crippen LogP contribution in [0.25, 0.3) is 16.9 Å². The molecule has 3 heteroatoms. The summed E-state index contributed by atoms with van der Waals surface area (Å²) in [6.07, 6.45) is 2.02. The molecule has 0 atom stereocenters. The summed E-state index contributed by atoms with van der Waals surface area (Å²) in [4.78, 5) is 4.76. The molecular formula is C16H15ClN2. The van der Waals surface area contributed by atoms with Gasteiger partial charge < -0.3 is 4.40 Å². The first-order chi connectivity index (χ1) is 9.20. The third-order valence-electron chi connectivity index (χ3n) is 3.40. The SMILES string of the molecule is Cc1ccc(-c2nc3c(C)cccn3c2CCl)cc1. The Balaban J connectivity index is 2.29. The number of benzene rings is 1. The molecule has 0 N–H and O–H groups in total. The third-order valence-corrected chi connectivity index (χ3v) is 3.65. The van der Waals surface area contributed by atoms with Crippen molar-refractivity contribution in [2.24, 2.45) is 0 Å². The molecule has 0 bridgehead atoms. The molecule has 0 saturated heterocycles. The molecule has 0 radical (unpaired) electrons. The molecule has 0 aliphatic rings. The van der Waals surface area contributed by atoms with Crippen molar-refractivity contribution in [1.82, 2.24) is 9.38 Å². The topological polar surface area (TPSA) is 17.3 Å². The molecule has 0 fully saturated rings. The number of imidazole rings is 1. The molecule has 96 valence electrons. The minimum absolute atomic E-state index is 0.452. The number of aryl methyl sites for hydroxylation is 2. The fraction of sp³-hybridized carbons (Fsp3) is 0.188. The lowest BCUT2D eigenvalue weighted by Crippen LogP contribution is -1.91. The number of pyridine rings is 1. The van der Waals surface area contributed by atoms with Gasteiger partial charge in [-0.05, 0) is 25.5 Å². The molecule has 3 rings (SSSR count). The van der Waals surface area contributed by atoms with Crippen LogP contribution in [-0.2, 0) is 5.88 Å². The Bertz CT molecular complexity index is 726. The zero-order chi connectivity index (χ0) is 13.4. The van der Waals surface area contributed by atoms with Gasteiger partial charge >= 0.3 is 0 Å². The van der Waals surface area contributed by atoms with E-state index >= 15 is 0 Å². The van der Waals surface area contributed by atoms with Crippen molar-refractivity contribution in [1.29, 1.82) is 0 Å². The summed E-state index contributed by atoms with van der Waals surface area (Å²) in [5, 5.41) is 0. The van der Waals surface area contributed by atoms with E-state index < -0.39 is 0 Å². The Morgan fingerprint density at radius 1 is 1.11 bits per heavy atom. The van der Waals surface area contributed by atoms with Gasteiger partial charge in [0.1, 0.15) is 5.65 Å². The number of aromatic nitrogens is 2. The summed E-state index contributed by atoms with van der Waals surface area (Å²) in [5.74, 6) is 0.452. The van der Waals surface area contributed by atoms with Crippen LogP contribution in [-0.4, -0.2) is 9.38 Å². The minimum atomic E-state index is 0.452. The zero-order valence-corrected chi connectivity index (χ0v) is 11.8. The van der Waals surface area contributed by atoms with E-state index in [0.717, 1.165) is 28.2 Å². The highest BCUT2D eigenvalue weighted by Crippen LogP contribution is 2.27. The summed E-state index contributed by atoms with van der Waals surface area (Å²) in [6.45, 7) is 4.15. The normalized spacial score (nSPS) is 11.1. The zero-order valence-electron chi connectivity index (χ0n) is 11.0. The van der Waals surface area contributed by atoms with Gasteiger partial charge in [-0.1, -0.05) is 35.9 Å². The molecule has 2 aromatic heterocycles. The Hall–Kier alpha value is -1.80. The van der Waals surface area contributed by atoms with E-state index in [1.165, 1.54) is 5.56 Å². The molecular weight excluding hydrogens is 256 g/mol. The first-order valence-electron chi connectivity index (χ1n) is 6.30. The van der Waals surface area contributed by atoms with Crippen LogP contribution >= 0.6 is 11.6 Å². The van der Waals surface area contributed by atoms with E-state index in [1.807, 2.05) is 12.3 Å². The highest BCUT2D eigenvalue weighted by Gasteiger charge is 2.13. The molecule has 0 unspecified atom stereocenters. The van der Waals surface area contributed by atoms with Crippen molar-refractivity contribution in [2.75, 3.05) is 0 Å². The summed E-state index contributed by atoms with van der Waals surface area (Å²) < 4.78 is 2.08. The number of hydrogen-bond donors (Lipinski definition) is 0. The van der Waals surface area contributed by atoms with Crippen molar-refractivity contribution in [3.05, 3.63) is 59.4 Å². The molecule has 2 heterocycles. The van der Waals surface area contributed by atoms with E-state index in [1.54, 1.807) is 0 Å². The van der Waals surface area contributed by atoms with Crippen LogP contribution in [0.2, 0.25) is 0 Å². The lowest BCUT2D eigenvalue weighted by Gasteiger charge is -2.02. The number of fused-ring (bicyclic) bond motifs is 1. The van der Waals surface area contributed by atoms with Crippen LogP contribution < -0.4 is 0 Å². The Morgan fingerprint density at radius 3 is 2.53 bits per heavy atom. The van der Waals surface area contributed by atoms with Gasteiger partial charge in [-0.25, -0.2) is 4.98 Å². The lowest BCUT2D eigenvalue weighted by atomic mass is 10.1. The lowest BCUT2D eigenvalue weighted by molar-refractivity contribution is 1.08. The highest BCUT2D eigenvalue weighted by molar-refractivity contribution is 6.17. The molecule has 0 amide bonds. The average molecular weight is 271 g/mol. The number of alkyl halides is 1. The Morgan fingerprint density at radius 2 is 1.84 bits per heavy atom. The number of hydrogen-bond acceptors (Lipinski definition) is 1. The van der Waals surface area contributed by atoms with Crippen molar-refractivity contribution >= 4 is 17.2 Å². The van der Waals surface area contributed by atoms with Crippen LogP contribution in [0.15, 0.2) is 42.6 Å². The first kappa shape index (κ1) is 12.2. The molecule has 3 aromatic rings. The van der Waals surface area contributed by atoms with Crippen LogP contribution in [0.3, 0.4) is 0 Å². The van der Waals surface area contributed by atoms with Gasteiger partial charge in [0, 0.05) is 11.8 Å². The van der Waals surface area contributed by atoms with Gasteiger partial charge in [0.25, 0.3) is 0 Å². The largest absolute Gasteiger partial charge is 0.302 e. The molecule has 0 aliphatic heterocycles. The monoisotopic (exact) mass is 270 g/mol. The van der Waals surface area contributed by atoms with E-state index in [2.05, 4.69) is 48.6 Å². The third kappa shape index (κ3) is 2.02. The molecule has 0 saturated carbocycles. The molecule has 2 nitrogen and oxygen atoms in total. The van der Waals surface area contributed by atoms with Gasteiger partial charge in [0.2, 0.25) is 0 Å². The van der Waals surface area contributed by atoms with Crippen LogP contribution in [0.4, 0.5) is 0 Å². The minimum Gasteiger partial charge on any atom is -0.302 e. The van der Waals surface area contributed by atoms with Gasteiger partial charge in [-0.3, -0.25) is 0 Å². The van der Waals surface area contributed by atoms with Crippen LogP contribution in [0.1, 0.15) is 16.8 Å². The fourth-order valence-corrected chi connectivity index (χ4v) is 2.58. The maximum Gasteiger partial charge on any atom is 0.140 e. The van der Waals surface area contributed by atoms with Crippen molar-refractivity contribution in [2.45, 2.75) is 19.7 Å². The van der Waals surface area contributed by atoms with Gasteiger partial charge in [0.15, 0.2) is 0 Å². The van der Waals surface area contributed by atoms with E-state index in [0.29, 0.717) is 5.88 Å². The van der Waals surface area contributed by atoms with E-state index in [4.69, 9.17) is 16.6 Å². The predicted octanol–water partition coefficient (Wildman–Crippen LogP) is 4.36. The van der Waals surface area contributed by atoms with Crippen LogP contribution in [0, 0.1) is 13.8 Å². The predicted molar refractivity (Wildman–Crippen MR) is 79.7 cm³/mol. The molecule has 0 spiro atoms. The molecule has 1 aromatic carbocycles. The Labute approximate surface area is 117 Å². The highest BCUT2D eigenvalue weighted by atomic mass is 35.5. The van der Waals surface area contributed by atoms with E-state index in [-0.39, 0.29) is 0 Å². The fourth-order valence-electron chi connectivity index (χ4n) is 2.32. The van der Waals surface area contributed by atoms with Crippen molar-refractivity contribution in [3.8, 4) is 11.3 Å². The quantitative estimate of drug-likeness (QED) is 0.633. The maximum absolute atomic E-state index is 6.13. The molecule has 19 heavy (non-hydrogen) atoms. The van der Waals surface area contributed by atoms with Crippen molar-refractivity contribution in [3.63, 3.8) is 0 Å². The maximum atomic E-state index is 6.13. The summed E-state index contributed by atoms with van der Waals surface area (Å²) in [6, 6.07) is 12.5. The number of nitrogens with zero attached hydrogens (tertiary/aromatic N) is 2. The standard InChI is InChI=1S/C16H15ClN2/c1-11-5-7-13(8-6-11)15-14(10-17)19-9-3-4-12(2)16(19)18-15/h3-9H,10H2,1-2H3. The second kappa shape index (κ2) is 4.71. The first-order valence-corrected chi connectivity index (χ1v) is 6.83. The summed E-state index contributed by atoms with van der Waals surface area (Å²) in [5.41, 5.74) is 6.52.